The van der Waals surface area contributed by atoms with E-state index in [1.807, 2.05) is 0 Å². The molecule has 4 nitrogen and oxygen atoms in total. The monoisotopic (exact) mass is 252 g/mol. The predicted octanol–water partition coefficient (Wildman–Crippen LogP) is 2.74. The van der Waals surface area contributed by atoms with Crippen molar-refractivity contribution in [1.82, 2.24) is 20.1 Å². The highest BCUT2D eigenvalue weighted by Gasteiger charge is 2.16. The van der Waals surface area contributed by atoms with Gasteiger partial charge in [-0.3, -0.25) is 0 Å². The Labute approximate surface area is 111 Å². The molecule has 104 valence electrons. The normalized spacial score (nSPS) is 13.2. The molecule has 0 saturated heterocycles. The number of hydrogen-bond donors (Lipinski definition) is 1. The van der Waals surface area contributed by atoms with Crippen LogP contribution in [0.15, 0.2) is 0 Å². The minimum absolute atomic E-state index is 0.431. The Kier molecular flexibility index (Phi) is 6.33. The lowest BCUT2D eigenvalue weighted by Crippen LogP contribution is -2.31. The molecular weight excluding hydrogens is 224 g/mol. The lowest BCUT2D eigenvalue weighted by molar-refractivity contribution is 0.370. The van der Waals surface area contributed by atoms with E-state index in [2.05, 4.69) is 54.7 Å². The average Bonchev–Trinajstić information content (AvgIpc) is 2.77. The quantitative estimate of drug-likeness (QED) is 0.773. The first kappa shape index (κ1) is 15.2. The Morgan fingerprint density at radius 2 is 1.89 bits per heavy atom. The summed E-state index contributed by atoms with van der Waals surface area (Å²) in [6.45, 7) is 11.8. The zero-order valence-electron chi connectivity index (χ0n) is 12.5. The zero-order valence-corrected chi connectivity index (χ0v) is 12.5. The Morgan fingerprint density at radius 3 is 2.39 bits per heavy atom. The molecule has 0 radical (unpaired) electrons. The van der Waals surface area contributed by atoms with Crippen LogP contribution in [-0.2, 0) is 12.8 Å². The van der Waals surface area contributed by atoms with Crippen LogP contribution in [0.1, 0.15) is 65.2 Å². The fraction of sp³-hybridized carbons (Fsp3) is 0.857. The van der Waals surface area contributed by atoms with Gasteiger partial charge in [0, 0.05) is 25.4 Å². The van der Waals surface area contributed by atoms with E-state index in [1.165, 1.54) is 6.42 Å². The molecule has 0 aromatic carbocycles. The highest BCUT2D eigenvalue weighted by Crippen LogP contribution is 2.15. The second-order valence-electron chi connectivity index (χ2n) is 5.10. The Bertz CT molecular complexity index is 344. The first-order valence-corrected chi connectivity index (χ1v) is 7.29. The van der Waals surface area contributed by atoms with Gasteiger partial charge in [-0.15, -0.1) is 0 Å². The van der Waals surface area contributed by atoms with Crippen molar-refractivity contribution >= 4 is 0 Å². The van der Waals surface area contributed by atoms with Crippen molar-refractivity contribution < 1.29 is 0 Å². The van der Waals surface area contributed by atoms with E-state index >= 15 is 0 Å². The molecule has 1 unspecified atom stereocenters. The van der Waals surface area contributed by atoms with Crippen molar-refractivity contribution in [3.8, 4) is 0 Å². The molecule has 1 heterocycles. The average molecular weight is 252 g/mol. The summed E-state index contributed by atoms with van der Waals surface area (Å²) in [5.74, 6) is 2.09. The Hall–Kier alpha value is -0.900. The third kappa shape index (κ3) is 4.09. The first-order valence-electron chi connectivity index (χ1n) is 7.29. The fourth-order valence-corrected chi connectivity index (χ4v) is 2.10. The van der Waals surface area contributed by atoms with Gasteiger partial charge in [0.25, 0.3) is 0 Å². The van der Waals surface area contributed by atoms with Gasteiger partial charge in [0.15, 0.2) is 5.82 Å². The smallest absolute Gasteiger partial charge is 0.150 e. The molecule has 0 saturated carbocycles. The van der Waals surface area contributed by atoms with Crippen molar-refractivity contribution in [3.05, 3.63) is 11.6 Å². The SMILES string of the molecule is CCCC(CNC(C)C)n1nc(CC)nc1CC. The van der Waals surface area contributed by atoms with Crippen molar-refractivity contribution in [3.63, 3.8) is 0 Å². The van der Waals surface area contributed by atoms with Gasteiger partial charge in [-0.2, -0.15) is 5.10 Å². The molecule has 0 aliphatic rings. The van der Waals surface area contributed by atoms with Gasteiger partial charge in [0.05, 0.1) is 6.04 Å². The Balaban J connectivity index is 2.85. The summed E-state index contributed by atoms with van der Waals surface area (Å²) in [5.41, 5.74) is 0. The highest BCUT2D eigenvalue weighted by atomic mass is 15.4. The molecule has 0 aliphatic heterocycles. The molecule has 18 heavy (non-hydrogen) atoms. The second-order valence-corrected chi connectivity index (χ2v) is 5.10. The molecule has 1 atom stereocenters. The summed E-state index contributed by atoms with van der Waals surface area (Å²) in [7, 11) is 0. The minimum atomic E-state index is 0.431. The molecule has 0 fully saturated rings. The number of aryl methyl sites for hydroxylation is 2. The van der Waals surface area contributed by atoms with Gasteiger partial charge in [-0.25, -0.2) is 9.67 Å². The standard InChI is InChI=1S/C14H28N4/c1-6-9-12(10-15-11(4)5)18-14(8-3)16-13(7-2)17-18/h11-12,15H,6-10H2,1-5H3. The van der Waals surface area contributed by atoms with Crippen LogP contribution < -0.4 is 5.32 Å². The zero-order chi connectivity index (χ0) is 13.5. The summed E-state index contributed by atoms with van der Waals surface area (Å²) in [6, 6.07) is 0.948. The number of aromatic nitrogens is 3. The number of nitrogens with one attached hydrogen (secondary N) is 1. The molecule has 4 heteroatoms. The van der Waals surface area contributed by atoms with Crippen LogP contribution >= 0.6 is 0 Å². The summed E-state index contributed by atoms with van der Waals surface area (Å²) < 4.78 is 2.15. The lowest BCUT2D eigenvalue weighted by atomic mass is 10.1. The van der Waals surface area contributed by atoms with Gasteiger partial charge in [-0.05, 0) is 6.42 Å². The van der Waals surface area contributed by atoms with Crippen LogP contribution in [0.25, 0.3) is 0 Å². The first-order chi connectivity index (χ1) is 8.62. The van der Waals surface area contributed by atoms with E-state index in [0.717, 1.165) is 37.5 Å². The topological polar surface area (TPSA) is 42.7 Å². The molecule has 0 amide bonds. The molecule has 0 aliphatic carbocycles. The van der Waals surface area contributed by atoms with Gasteiger partial charge in [0.1, 0.15) is 5.82 Å². The van der Waals surface area contributed by atoms with Crippen molar-refractivity contribution in [2.24, 2.45) is 0 Å². The maximum Gasteiger partial charge on any atom is 0.150 e. The molecule has 1 N–H and O–H groups in total. The van der Waals surface area contributed by atoms with Crippen molar-refractivity contribution in [1.29, 1.82) is 0 Å². The van der Waals surface area contributed by atoms with E-state index in [1.54, 1.807) is 0 Å². The second kappa shape index (κ2) is 7.52. The van der Waals surface area contributed by atoms with Crippen LogP contribution in [0.2, 0.25) is 0 Å². The molecule has 1 aromatic rings. The van der Waals surface area contributed by atoms with Crippen LogP contribution in [0.5, 0.6) is 0 Å². The summed E-state index contributed by atoms with van der Waals surface area (Å²) in [6.07, 6.45) is 4.19. The third-order valence-electron chi connectivity index (χ3n) is 3.11. The number of rotatable bonds is 8. The number of nitrogens with zero attached hydrogens (tertiary/aromatic N) is 3. The van der Waals surface area contributed by atoms with Gasteiger partial charge in [0.2, 0.25) is 0 Å². The van der Waals surface area contributed by atoms with Crippen molar-refractivity contribution in [2.45, 2.75) is 72.4 Å². The molecule has 0 spiro atoms. The van der Waals surface area contributed by atoms with E-state index in [0.29, 0.717) is 12.1 Å². The van der Waals surface area contributed by atoms with Crippen LogP contribution in [0.3, 0.4) is 0 Å². The van der Waals surface area contributed by atoms with Gasteiger partial charge in [-0.1, -0.05) is 41.0 Å². The van der Waals surface area contributed by atoms with E-state index in [9.17, 15) is 0 Å². The van der Waals surface area contributed by atoms with Crippen LogP contribution in [0, 0.1) is 0 Å². The van der Waals surface area contributed by atoms with E-state index in [4.69, 9.17) is 0 Å². The Morgan fingerprint density at radius 1 is 1.17 bits per heavy atom. The minimum Gasteiger partial charge on any atom is -0.312 e. The van der Waals surface area contributed by atoms with Gasteiger partial charge >= 0.3 is 0 Å². The summed E-state index contributed by atoms with van der Waals surface area (Å²) in [5, 5.41) is 8.18. The maximum absolute atomic E-state index is 4.66. The van der Waals surface area contributed by atoms with E-state index in [-0.39, 0.29) is 0 Å². The summed E-state index contributed by atoms with van der Waals surface area (Å²) in [4.78, 5) is 4.60. The van der Waals surface area contributed by atoms with Crippen LogP contribution in [-0.4, -0.2) is 27.4 Å². The van der Waals surface area contributed by atoms with Crippen LogP contribution in [0.4, 0.5) is 0 Å². The fourth-order valence-electron chi connectivity index (χ4n) is 2.10. The maximum atomic E-state index is 4.66. The van der Waals surface area contributed by atoms with Gasteiger partial charge < -0.3 is 5.32 Å². The molecule has 1 aromatic heterocycles. The molecular formula is C14H28N4. The van der Waals surface area contributed by atoms with E-state index < -0.39 is 0 Å². The number of hydrogen-bond acceptors (Lipinski definition) is 3. The molecule has 1 rings (SSSR count). The largest absolute Gasteiger partial charge is 0.312 e. The summed E-state index contributed by atoms with van der Waals surface area (Å²) >= 11 is 0. The third-order valence-corrected chi connectivity index (χ3v) is 3.11. The van der Waals surface area contributed by atoms with Crippen molar-refractivity contribution in [2.75, 3.05) is 6.54 Å². The lowest BCUT2D eigenvalue weighted by Gasteiger charge is -2.20. The highest BCUT2D eigenvalue weighted by molar-refractivity contribution is 4.95. The molecule has 0 bridgehead atoms. The predicted molar refractivity (Wildman–Crippen MR) is 75.9 cm³/mol.